The van der Waals surface area contributed by atoms with Crippen LogP contribution in [0.4, 0.5) is 0 Å². The molecular formula is C14H9BrN2O. The summed E-state index contributed by atoms with van der Waals surface area (Å²) in [5.41, 5.74) is 1.89. The number of carbonyl (C=O) groups excluding carboxylic acids is 1. The predicted molar refractivity (Wildman–Crippen MR) is 70.1 cm³/mol. The van der Waals surface area contributed by atoms with Crippen LogP contribution in [-0.4, -0.2) is 10.5 Å². The maximum absolute atomic E-state index is 12.1. The summed E-state index contributed by atoms with van der Waals surface area (Å²) in [7, 11) is 0. The number of carbonyl (C=O) groups is 1. The maximum Gasteiger partial charge on any atom is 0.249 e. The normalized spacial score (nSPS) is 21.7. The Hall–Kier alpha value is -1.86. The van der Waals surface area contributed by atoms with Gasteiger partial charge in [0.1, 0.15) is 5.92 Å². The molecule has 0 saturated heterocycles. The molecule has 1 aromatic carbocycles. The molecule has 2 aromatic rings. The average Bonchev–Trinajstić information content (AvgIpc) is 2.93. The summed E-state index contributed by atoms with van der Waals surface area (Å²) in [5.74, 6) is -0.918. The summed E-state index contributed by atoms with van der Waals surface area (Å²) >= 11 is 3.39. The fraction of sp³-hybridized carbons (Fsp3) is 0.143. The molecule has 2 unspecified atom stereocenters. The number of nitriles is 1. The van der Waals surface area contributed by atoms with Crippen LogP contribution in [0.25, 0.3) is 0 Å². The van der Waals surface area contributed by atoms with Crippen molar-refractivity contribution in [3.05, 3.63) is 58.3 Å². The first-order valence-electron chi connectivity index (χ1n) is 5.59. The Morgan fingerprint density at radius 2 is 1.94 bits per heavy atom. The molecule has 4 heteroatoms. The van der Waals surface area contributed by atoms with Crippen LogP contribution in [-0.2, 0) is 0 Å². The Kier molecular flexibility index (Phi) is 2.57. The van der Waals surface area contributed by atoms with Gasteiger partial charge in [0.25, 0.3) is 0 Å². The molecular weight excluding hydrogens is 292 g/mol. The van der Waals surface area contributed by atoms with E-state index in [1.54, 1.807) is 10.8 Å². The third kappa shape index (κ3) is 1.52. The van der Waals surface area contributed by atoms with Crippen LogP contribution in [0, 0.1) is 17.2 Å². The van der Waals surface area contributed by atoms with E-state index in [1.165, 1.54) is 0 Å². The quantitative estimate of drug-likeness (QED) is 0.812. The zero-order valence-electron chi connectivity index (χ0n) is 9.38. The lowest BCUT2D eigenvalue weighted by Gasteiger charge is -2.12. The van der Waals surface area contributed by atoms with E-state index in [1.807, 2.05) is 36.4 Å². The first-order chi connectivity index (χ1) is 8.72. The molecule has 3 nitrogen and oxygen atoms in total. The van der Waals surface area contributed by atoms with Crippen molar-refractivity contribution in [2.24, 2.45) is 5.92 Å². The van der Waals surface area contributed by atoms with E-state index in [0.717, 1.165) is 15.7 Å². The molecule has 0 saturated carbocycles. The van der Waals surface area contributed by atoms with Crippen molar-refractivity contribution in [1.29, 1.82) is 5.26 Å². The van der Waals surface area contributed by atoms with Crippen molar-refractivity contribution in [1.82, 2.24) is 4.57 Å². The van der Waals surface area contributed by atoms with Gasteiger partial charge < -0.3 is 0 Å². The van der Waals surface area contributed by atoms with Gasteiger partial charge in [0.05, 0.1) is 6.07 Å². The van der Waals surface area contributed by atoms with Crippen molar-refractivity contribution < 1.29 is 4.79 Å². The topological polar surface area (TPSA) is 45.8 Å². The van der Waals surface area contributed by atoms with Gasteiger partial charge in [-0.15, -0.1) is 0 Å². The number of rotatable bonds is 1. The number of halogens is 1. The lowest BCUT2D eigenvalue weighted by Crippen LogP contribution is -2.15. The Morgan fingerprint density at radius 3 is 2.61 bits per heavy atom. The van der Waals surface area contributed by atoms with E-state index < -0.39 is 5.92 Å². The van der Waals surface area contributed by atoms with Gasteiger partial charge in [-0.25, -0.2) is 0 Å². The van der Waals surface area contributed by atoms with E-state index in [-0.39, 0.29) is 11.8 Å². The fourth-order valence-electron chi connectivity index (χ4n) is 2.47. The standard InChI is InChI=1S/C14H9BrN2O/c15-10-5-3-9(4-6-10)13-11(8-16)14(18)17-7-1-2-12(13)17/h1-7,11,13H. The summed E-state index contributed by atoms with van der Waals surface area (Å²) in [6.45, 7) is 0. The number of benzene rings is 1. The Balaban J connectivity index is 2.13. The summed E-state index contributed by atoms with van der Waals surface area (Å²) in [6, 6.07) is 13.6. The van der Waals surface area contributed by atoms with Crippen LogP contribution in [0.1, 0.15) is 22.0 Å². The van der Waals surface area contributed by atoms with Gasteiger partial charge in [-0.05, 0) is 29.8 Å². The first kappa shape index (κ1) is 11.2. The van der Waals surface area contributed by atoms with Crippen molar-refractivity contribution in [2.45, 2.75) is 5.92 Å². The summed E-state index contributed by atoms with van der Waals surface area (Å²) < 4.78 is 2.57. The van der Waals surface area contributed by atoms with Gasteiger partial charge in [0.2, 0.25) is 5.91 Å². The monoisotopic (exact) mass is 300 g/mol. The zero-order valence-corrected chi connectivity index (χ0v) is 11.0. The minimum absolute atomic E-state index is 0.134. The first-order valence-corrected chi connectivity index (χ1v) is 6.38. The number of fused-ring (bicyclic) bond motifs is 1. The Bertz CT molecular complexity index is 651. The highest BCUT2D eigenvalue weighted by Crippen LogP contribution is 2.38. The van der Waals surface area contributed by atoms with Crippen LogP contribution in [0.3, 0.4) is 0 Å². The van der Waals surface area contributed by atoms with Crippen molar-refractivity contribution in [3.8, 4) is 6.07 Å². The molecule has 0 bridgehead atoms. The molecule has 1 aromatic heterocycles. The molecule has 1 aliphatic rings. The van der Waals surface area contributed by atoms with Crippen molar-refractivity contribution >= 4 is 21.8 Å². The molecule has 2 atom stereocenters. The highest BCUT2D eigenvalue weighted by atomic mass is 79.9. The van der Waals surface area contributed by atoms with Crippen LogP contribution in [0.15, 0.2) is 47.1 Å². The third-order valence-corrected chi connectivity index (χ3v) is 3.83. The van der Waals surface area contributed by atoms with Gasteiger partial charge in [-0.1, -0.05) is 28.1 Å². The molecule has 0 N–H and O–H groups in total. The van der Waals surface area contributed by atoms with Crippen molar-refractivity contribution in [3.63, 3.8) is 0 Å². The van der Waals surface area contributed by atoms with E-state index in [0.29, 0.717) is 0 Å². The maximum atomic E-state index is 12.1. The van der Waals surface area contributed by atoms with Crippen LogP contribution in [0.5, 0.6) is 0 Å². The highest BCUT2D eigenvalue weighted by Gasteiger charge is 2.40. The third-order valence-electron chi connectivity index (χ3n) is 3.30. The lowest BCUT2D eigenvalue weighted by atomic mass is 9.87. The summed E-state index contributed by atoms with van der Waals surface area (Å²) in [5, 5.41) is 9.22. The second-order valence-corrected chi connectivity index (χ2v) is 5.19. The molecule has 0 spiro atoms. The number of hydrogen-bond donors (Lipinski definition) is 0. The molecule has 88 valence electrons. The fourth-order valence-corrected chi connectivity index (χ4v) is 2.74. The van der Waals surface area contributed by atoms with E-state index in [2.05, 4.69) is 22.0 Å². The smallest absolute Gasteiger partial charge is 0.249 e. The SMILES string of the molecule is N#CC1C(=O)n2cccc2C1c1ccc(Br)cc1. The Labute approximate surface area is 113 Å². The number of nitrogens with zero attached hydrogens (tertiary/aromatic N) is 2. The summed E-state index contributed by atoms with van der Waals surface area (Å²) in [4.78, 5) is 12.1. The molecule has 18 heavy (non-hydrogen) atoms. The number of hydrogen-bond acceptors (Lipinski definition) is 2. The van der Waals surface area contributed by atoms with Crippen LogP contribution in [0.2, 0.25) is 0 Å². The molecule has 0 radical (unpaired) electrons. The second-order valence-electron chi connectivity index (χ2n) is 4.28. The molecule has 0 aliphatic carbocycles. The van der Waals surface area contributed by atoms with E-state index >= 15 is 0 Å². The molecule has 0 amide bonds. The van der Waals surface area contributed by atoms with E-state index in [4.69, 9.17) is 0 Å². The molecule has 2 heterocycles. The second kappa shape index (κ2) is 4.11. The van der Waals surface area contributed by atoms with Crippen LogP contribution >= 0.6 is 15.9 Å². The molecule has 3 rings (SSSR count). The summed E-state index contributed by atoms with van der Waals surface area (Å²) in [6.07, 6.45) is 1.72. The van der Waals surface area contributed by atoms with Gasteiger partial charge in [-0.2, -0.15) is 5.26 Å². The van der Waals surface area contributed by atoms with E-state index in [9.17, 15) is 10.1 Å². The van der Waals surface area contributed by atoms with Gasteiger partial charge in [-0.3, -0.25) is 9.36 Å². The lowest BCUT2D eigenvalue weighted by molar-refractivity contribution is 0.0888. The van der Waals surface area contributed by atoms with Crippen molar-refractivity contribution in [2.75, 3.05) is 0 Å². The Morgan fingerprint density at radius 1 is 1.22 bits per heavy atom. The number of aromatic nitrogens is 1. The van der Waals surface area contributed by atoms with Gasteiger partial charge >= 0.3 is 0 Å². The molecule has 0 fully saturated rings. The van der Waals surface area contributed by atoms with Gasteiger partial charge in [0.15, 0.2) is 0 Å². The minimum Gasteiger partial charge on any atom is -0.290 e. The predicted octanol–water partition coefficient (Wildman–Crippen LogP) is 3.18. The average molecular weight is 301 g/mol. The highest BCUT2D eigenvalue weighted by molar-refractivity contribution is 9.10. The zero-order chi connectivity index (χ0) is 12.7. The minimum atomic E-state index is -0.623. The largest absolute Gasteiger partial charge is 0.290 e. The van der Waals surface area contributed by atoms with Crippen LogP contribution < -0.4 is 0 Å². The van der Waals surface area contributed by atoms with Gasteiger partial charge in [0, 0.05) is 22.3 Å². The molecule has 1 aliphatic heterocycles.